The van der Waals surface area contributed by atoms with Crippen LogP contribution in [0.1, 0.15) is 20.8 Å². The van der Waals surface area contributed by atoms with Crippen molar-refractivity contribution in [3.05, 3.63) is 11.6 Å². The standard InChI is InChI=1S/C28H50N2O16/c1-16(14-41-6-4-39-8-10-43-27-21(29-17(2)33)25(37)23(35)19(12-31)45-27)15-42-7-5-40-9-11-44-28-22(30-18(3)34)26(38)24(36)20(13-32)46-28/h16,19-21,23-27,31-32,35-38H,4-15H2,1-3H3,(H,29,33)(H,30,34)/t16?,19-,20?,21?,23+,24+,25?,26?,27-/m1/s1. The van der Waals surface area contributed by atoms with Crippen LogP contribution in [0.2, 0.25) is 0 Å². The smallest absolute Gasteiger partial charge is 0.303 e. The first-order chi connectivity index (χ1) is 22.0. The average molecular weight is 671 g/mol. The fraction of sp³-hybridized carbons (Fsp3) is 0.857. The number of ether oxygens (including phenoxy) is 8. The van der Waals surface area contributed by atoms with Gasteiger partial charge in [0.1, 0.15) is 48.9 Å². The van der Waals surface area contributed by atoms with E-state index in [1.54, 1.807) is 0 Å². The third kappa shape index (κ3) is 13.5. The van der Waals surface area contributed by atoms with Crippen molar-refractivity contribution in [1.29, 1.82) is 0 Å². The zero-order valence-electron chi connectivity index (χ0n) is 26.4. The van der Waals surface area contributed by atoms with Crippen molar-refractivity contribution in [3.63, 3.8) is 0 Å². The van der Waals surface area contributed by atoms with Gasteiger partial charge in [0.15, 0.2) is 12.4 Å². The Bertz CT molecular complexity index is 926. The number of amides is 2. The maximum absolute atomic E-state index is 11.5. The lowest BCUT2D eigenvalue weighted by atomic mass is 9.97. The highest BCUT2D eigenvalue weighted by molar-refractivity contribution is 5.75. The largest absolute Gasteiger partial charge is 0.462 e. The van der Waals surface area contributed by atoms with Gasteiger partial charge < -0.3 is 79.2 Å². The molecule has 2 aliphatic heterocycles. The molecule has 0 bridgehead atoms. The highest BCUT2D eigenvalue weighted by Crippen LogP contribution is 2.24. The second kappa shape index (κ2) is 21.6. The van der Waals surface area contributed by atoms with Gasteiger partial charge in [-0.2, -0.15) is 0 Å². The van der Waals surface area contributed by atoms with Gasteiger partial charge in [0.25, 0.3) is 0 Å². The molecular weight excluding hydrogens is 620 g/mol. The molecule has 46 heavy (non-hydrogen) atoms. The molecule has 268 valence electrons. The number of carbonyl (C=O) groups excluding carboxylic acids is 2. The molecule has 0 aromatic heterocycles. The summed E-state index contributed by atoms with van der Waals surface area (Å²) in [5.74, 6) is -1.03. The highest BCUT2D eigenvalue weighted by Gasteiger charge is 2.45. The molecule has 2 heterocycles. The zero-order valence-corrected chi connectivity index (χ0v) is 26.4. The van der Waals surface area contributed by atoms with Crippen molar-refractivity contribution in [2.24, 2.45) is 5.92 Å². The minimum absolute atomic E-state index is 0.0151. The van der Waals surface area contributed by atoms with Gasteiger partial charge in [-0.25, -0.2) is 0 Å². The normalized spacial score (nSPS) is 28.8. The van der Waals surface area contributed by atoms with Crippen molar-refractivity contribution in [2.75, 3.05) is 79.3 Å². The van der Waals surface area contributed by atoms with E-state index in [0.29, 0.717) is 33.0 Å². The van der Waals surface area contributed by atoms with E-state index in [9.17, 15) is 40.2 Å². The number of rotatable bonds is 22. The predicted molar refractivity (Wildman–Crippen MR) is 155 cm³/mol. The predicted octanol–water partition coefficient (Wildman–Crippen LogP) is -3.92. The number of hydrogen-bond acceptors (Lipinski definition) is 16. The molecule has 0 aliphatic carbocycles. The lowest BCUT2D eigenvalue weighted by Crippen LogP contribution is -2.64. The Morgan fingerprint density at radius 1 is 0.761 bits per heavy atom. The number of nitrogens with one attached hydrogen (secondary N) is 2. The molecule has 0 aromatic carbocycles. The van der Waals surface area contributed by atoms with Gasteiger partial charge in [-0.1, -0.05) is 6.92 Å². The molecular formula is C28H50N2O16. The van der Waals surface area contributed by atoms with Crippen LogP contribution in [0.4, 0.5) is 0 Å². The first kappa shape index (κ1) is 40.0. The molecule has 0 radical (unpaired) electrons. The summed E-state index contributed by atoms with van der Waals surface area (Å²) in [5, 5.41) is 64.1. The van der Waals surface area contributed by atoms with E-state index in [2.05, 4.69) is 10.6 Å². The number of hydrogen-bond donors (Lipinski definition) is 8. The van der Waals surface area contributed by atoms with Crippen LogP contribution >= 0.6 is 0 Å². The summed E-state index contributed by atoms with van der Waals surface area (Å²) in [7, 11) is 0. The molecule has 2 amide bonds. The van der Waals surface area contributed by atoms with Crippen LogP contribution in [0.5, 0.6) is 0 Å². The summed E-state index contributed by atoms with van der Waals surface area (Å²) in [6, 6.07) is -1.01. The Hall–Kier alpha value is -2.20. The number of aliphatic hydroxyl groups is 6. The maximum Gasteiger partial charge on any atom is 0.303 e. The van der Waals surface area contributed by atoms with Gasteiger partial charge in [0.2, 0.25) is 11.8 Å². The molecule has 9 atom stereocenters. The lowest BCUT2D eigenvalue weighted by molar-refractivity contribution is -0.272. The van der Waals surface area contributed by atoms with Crippen LogP contribution in [0.25, 0.3) is 0 Å². The van der Waals surface area contributed by atoms with Crippen molar-refractivity contribution in [3.8, 4) is 0 Å². The van der Waals surface area contributed by atoms with E-state index in [0.717, 1.165) is 0 Å². The van der Waals surface area contributed by atoms with Crippen LogP contribution in [0.3, 0.4) is 0 Å². The van der Waals surface area contributed by atoms with Crippen LogP contribution in [-0.4, -0.2) is 171 Å². The van der Waals surface area contributed by atoms with E-state index in [4.69, 9.17) is 37.9 Å². The number of aliphatic hydroxyl groups excluding tert-OH is 6. The van der Waals surface area contributed by atoms with E-state index < -0.39 is 74.0 Å². The average Bonchev–Trinajstić information content (AvgIpc) is 3.01. The first-order valence-electron chi connectivity index (χ1n) is 15.1. The summed E-state index contributed by atoms with van der Waals surface area (Å²) in [6.45, 7) is 5.86. The van der Waals surface area contributed by atoms with E-state index >= 15 is 0 Å². The number of carbonyl (C=O) groups is 2. The molecule has 2 rings (SSSR count). The highest BCUT2D eigenvalue weighted by atomic mass is 16.7. The molecule has 5 unspecified atom stereocenters. The Morgan fingerprint density at radius 3 is 1.89 bits per heavy atom. The summed E-state index contributed by atoms with van der Waals surface area (Å²) < 4.78 is 44.0. The molecule has 0 saturated carbocycles. The van der Waals surface area contributed by atoms with Crippen LogP contribution < -0.4 is 10.6 Å². The topological polar surface area (TPSA) is 253 Å². The van der Waals surface area contributed by atoms with Crippen LogP contribution in [0.15, 0.2) is 11.6 Å². The Balaban J connectivity index is 1.50. The van der Waals surface area contributed by atoms with Gasteiger partial charge in [0.05, 0.1) is 72.7 Å². The second-order valence-electron chi connectivity index (χ2n) is 10.8. The summed E-state index contributed by atoms with van der Waals surface area (Å²) in [4.78, 5) is 22.9. The van der Waals surface area contributed by atoms with E-state index in [1.807, 2.05) is 6.92 Å². The molecule has 1 fully saturated rings. The molecule has 1 saturated heterocycles. The minimum Gasteiger partial charge on any atom is -0.462 e. The molecule has 0 spiro atoms. The van der Waals surface area contributed by atoms with Gasteiger partial charge in [-0.3, -0.25) is 9.59 Å². The van der Waals surface area contributed by atoms with Crippen LogP contribution in [-0.2, 0) is 47.5 Å². The van der Waals surface area contributed by atoms with Crippen LogP contribution in [0, 0.1) is 5.92 Å². The minimum atomic E-state index is -1.50. The molecule has 8 N–H and O–H groups in total. The van der Waals surface area contributed by atoms with Crippen molar-refractivity contribution >= 4 is 11.8 Å². The molecule has 18 heteroatoms. The quantitative estimate of drug-likeness (QED) is 0.0512. The Labute approximate surface area is 267 Å². The van der Waals surface area contributed by atoms with Gasteiger partial charge in [-0.05, 0) is 0 Å². The van der Waals surface area contributed by atoms with Crippen molar-refractivity contribution in [2.45, 2.75) is 69.7 Å². The molecule has 0 aromatic rings. The van der Waals surface area contributed by atoms with Gasteiger partial charge in [0, 0.05) is 19.8 Å². The Kier molecular flexibility index (Phi) is 18.8. The summed E-state index contributed by atoms with van der Waals surface area (Å²) >= 11 is 0. The summed E-state index contributed by atoms with van der Waals surface area (Å²) in [5.41, 5.74) is -0.131. The zero-order chi connectivity index (χ0) is 34.1. The third-order valence-electron chi connectivity index (χ3n) is 6.74. The lowest BCUT2D eigenvalue weighted by Gasteiger charge is -2.42. The molecule has 2 aliphatic rings. The second-order valence-corrected chi connectivity index (χ2v) is 10.8. The monoisotopic (exact) mass is 670 g/mol. The SMILES string of the molecule is CC(=O)NC1=C(OCCOCCOCC(C)COCCOCCO[C@@H]2O[C@H](CO)[C@H](O)C(O)C2NC(C)=O)OC(CO)[C@H](O)C1O. The fourth-order valence-corrected chi connectivity index (χ4v) is 4.42. The van der Waals surface area contributed by atoms with Gasteiger partial charge >= 0.3 is 5.95 Å². The molecule has 18 nitrogen and oxygen atoms in total. The van der Waals surface area contributed by atoms with Crippen molar-refractivity contribution < 1.29 is 78.1 Å². The Morgan fingerprint density at radius 2 is 1.33 bits per heavy atom. The summed E-state index contributed by atoms with van der Waals surface area (Å²) in [6.07, 6.45) is -8.95. The third-order valence-corrected chi connectivity index (χ3v) is 6.74. The maximum atomic E-state index is 11.5. The first-order valence-corrected chi connectivity index (χ1v) is 15.1. The van der Waals surface area contributed by atoms with E-state index in [1.165, 1.54) is 13.8 Å². The van der Waals surface area contributed by atoms with Gasteiger partial charge in [-0.15, -0.1) is 0 Å². The van der Waals surface area contributed by atoms with E-state index in [-0.39, 0.29) is 50.6 Å². The van der Waals surface area contributed by atoms with Crippen molar-refractivity contribution in [1.82, 2.24) is 10.6 Å². The fourth-order valence-electron chi connectivity index (χ4n) is 4.42.